The third-order valence-corrected chi connectivity index (χ3v) is 7.73. The van der Waals surface area contributed by atoms with Gasteiger partial charge >= 0.3 is 0 Å². The van der Waals surface area contributed by atoms with Crippen molar-refractivity contribution in [2.24, 2.45) is 10.9 Å². The van der Waals surface area contributed by atoms with Crippen LogP contribution < -0.4 is 14.4 Å². The molecular weight excluding hydrogens is 388 g/mol. The zero-order valence-electron chi connectivity index (χ0n) is 15.8. The molecule has 0 bridgehead atoms. The van der Waals surface area contributed by atoms with E-state index in [1.807, 2.05) is 24.8 Å². The van der Waals surface area contributed by atoms with Crippen LogP contribution in [0.2, 0.25) is 0 Å². The number of benzene rings is 1. The van der Waals surface area contributed by atoms with Gasteiger partial charge in [0.1, 0.15) is 11.5 Å². The number of aliphatic imine (C=N–C) groups is 1. The van der Waals surface area contributed by atoms with E-state index in [2.05, 4.69) is 4.99 Å². The van der Waals surface area contributed by atoms with Gasteiger partial charge in [0.25, 0.3) is 0 Å². The molecule has 3 rings (SSSR count). The van der Waals surface area contributed by atoms with E-state index in [4.69, 9.17) is 9.47 Å². The van der Waals surface area contributed by atoms with Gasteiger partial charge in [0.2, 0.25) is 5.91 Å². The number of fused-ring (bicyclic) bond motifs is 1. The van der Waals surface area contributed by atoms with E-state index in [0.717, 1.165) is 0 Å². The normalized spacial score (nSPS) is 25.1. The molecule has 0 aromatic heterocycles. The number of carbonyl (C=O) groups excluding carboxylic acids is 1. The summed E-state index contributed by atoms with van der Waals surface area (Å²) >= 11 is 1.36. The molecule has 148 valence electrons. The van der Waals surface area contributed by atoms with Gasteiger partial charge in [-0.05, 0) is 18.1 Å². The minimum atomic E-state index is -3.12. The largest absolute Gasteiger partial charge is 0.497 e. The number of methoxy groups -OCH3 is 2. The maximum atomic E-state index is 12.3. The van der Waals surface area contributed by atoms with Gasteiger partial charge in [-0.1, -0.05) is 25.6 Å². The molecule has 0 N–H and O–H groups in total. The van der Waals surface area contributed by atoms with E-state index in [-0.39, 0.29) is 34.6 Å². The maximum absolute atomic E-state index is 12.3. The lowest BCUT2D eigenvalue weighted by atomic mass is 10.1. The molecule has 2 atom stereocenters. The van der Waals surface area contributed by atoms with Gasteiger partial charge in [0.15, 0.2) is 15.0 Å². The first-order valence-electron chi connectivity index (χ1n) is 8.74. The summed E-state index contributed by atoms with van der Waals surface area (Å²) in [6.07, 6.45) is 0.352. The fraction of sp³-hybridized carbons (Fsp3) is 0.556. The van der Waals surface area contributed by atoms with Crippen molar-refractivity contribution in [2.75, 3.05) is 30.6 Å². The van der Waals surface area contributed by atoms with Crippen LogP contribution >= 0.6 is 11.8 Å². The molecule has 2 saturated heterocycles. The number of hydrogen-bond donors (Lipinski definition) is 0. The van der Waals surface area contributed by atoms with Gasteiger partial charge in [-0.15, -0.1) is 0 Å². The Labute approximate surface area is 164 Å². The zero-order chi connectivity index (χ0) is 19.8. The van der Waals surface area contributed by atoms with Crippen LogP contribution in [0.1, 0.15) is 20.3 Å². The van der Waals surface area contributed by atoms with Crippen LogP contribution in [0.3, 0.4) is 0 Å². The molecule has 0 unspecified atom stereocenters. The highest BCUT2D eigenvalue weighted by Gasteiger charge is 2.50. The molecule has 0 radical (unpaired) electrons. The highest BCUT2D eigenvalue weighted by Crippen LogP contribution is 2.44. The number of thioether (sulfide) groups is 1. The van der Waals surface area contributed by atoms with E-state index >= 15 is 0 Å². The third-order valence-electron chi connectivity index (χ3n) is 4.52. The van der Waals surface area contributed by atoms with E-state index in [1.165, 1.54) is 11.8 Å². The lowest BCUT2D eigenvalue weighted by Gasteiger charge is -2.26. The summed E-state index contributed by atoms with van der Waals surface area (Å²) in [5.41, 5.74) is 0.687. The number of amides is 1. The van der Waals surface area contributed by atoms with Crippen molar-refractivity contribution < 1.29 is 22.7 Å². The lowest BCUT2D eigenvalue weighted by Crippen LogP contribution is -2.38. The van der Waals surface area contributed by atoms with Crippen molar-refractivity contribution >= 4 is 38.4 Å². The molecule has 0 spiro atoms. The van der Waals surface area contributed by atoms with Crippen LogP contribution in [0.15, 0.2) is 23.2 Å². The molecule has 2 fully saturated rings. The summed E-state index contributed by atoms with van der Waals surface area (Å²) < 4.78 is 35.0. The Bertz CT molecular complexity index is 867. The SMILES string of the molecule is COc1ccc(N2C(=NC(=O)CC(C)C)S[C@H]3CS(=O)(=O)C[C@H]32)c(OC)c1. The fourth-order valence-corrected chi connectivity index (χ4v) is 7.26. The Morgan fingerprint density at radius 2 is 2.04 bits per heavy atom. The monoisotopic (exact) mass is 412 g/mol. The fourth-order valence-electron chi connectivity index (χ4n) is 3.33. The Morgan fingerprint density at radius 1 is 1.30 bits per heavy atom. The van der Waals surface area contributed by atoms with Crippen molar-refractivity contribution in [2.45, 2.75) is 31.6 Å². The quantitative estimate of drug-likeness (QED) is 0.734. The molecule has 1 amide bonds. The molecule has 2 heterocycles. The number of carbonyl (C=O) groups is 1. The summed E-state index contributed by atoms with van der Waals surface area (Å²) in [5, 5.41) is 0.390. The summed E-state index contributed by atoms with van der Waals surface area (Å²) in [7, 11) is -0.00427. The Balaban J connectivity index is 2.03. The Kier molecular flexibility index (Phi) is 5.71. The van der Waals surface area contributed by atoms with E-state index in [1.54, 1.807) is 26.4 Å². The van der Waals surface area contributed by atoms with Gasteiger partial charge in [-0.2, -0.15) is 4.99 Å². The number of nitrogens with zero attached hydrogens (tertiary/aromatic N) is 2. The topological polar surface area (TPSA) is 85.3 Å². The Morgan fingerprint density at radius 3 is 2.67 bits per heavy atom. The highest BCUT2D eigenvalue weighted by molar-refractivity contribution is 8.16. The van der Waals surface area contributed by atoms with Crippen molar-refractivity contribution in [3.63, 3.8) is 0 Å². The molecule has 0 saturated carbocycles. The molecule has 0 aliphatic carbocycles. The van der Waals surface area contributed by atoms with Crippen molar-refractivity contribution in [1.82, 2.24) is 0 Å². The van der Waals surface area contributed by atoms with Gasteiger partial charge in [-0.25, -0.2) is 8.42 Å². The summed E-state index contributed by atoms with van der Waals surface area (Å²) in [4.78, 5) is 18.4. The number of ether oxygens (including phenoxy) is 2. The average molecular weight is 413 g/mol. The predicted octanol–water partition coefficient (Wildman–Crippen LogP) is 2.35. The number of rotatable bonds is 5. The number of amidine groups is 1. The summed E-state index contributed by atoms with van der Waals surface area (Å²) in [6.45, 7) is 3.93. The number of hydrogen-bond acceptors (Lipinski definition) is 6. The van der Waals surface area contributed by atoms with Crippen molar-refractivity contribution in [3.05, 3.63) is 18.2 Å². The van der Waals surface area contributed by atoms with E-state index in [9.17, 15) is 13.2 Å². The smallest absolute Gasteiger partial charge is 0.248 e. The molecule has 27 heavy (non-hydrogen) atoms. The molecular formula is C18H24N2O5S2. The van der Waals surface area contributed by atoms with Crippen LogP contribution in [0, 0.1) is 5.92 Å². The summed E-state index contributed by atoms with van der Waals surface area (Å²) in [5.74, 6) is 1.31. The molecule has 7 nitrogen and oxygen atoms in total. The van der Waals surface area contributed by atoms with Gasteiger partial charge in [0, 0.05) is 17.7 Å². The molecule has 9 heteroatoms. The second-order valence-corrected chi connectivity index (χ2v) is 10.5. The lowest BCUT2D eigenvalue weighted by molar-refractivity contribution is -0.118. The van der Waals surface area contributed by atoms with Crippen LogP contribution in [0.4, 0.5) is 5.69 Å². The molecule has 2 aliphatic heterocycles. The molecule has 1 aromatic rings. The van der Waals surface area contributed by atoms with Crippen molar-refractivity contribution in [3.8, 4) is 11.5 Å². The first-order chi connectivity index (χ1) is 12.7. The minimum Gasteiger partial charge on any atom is -0.497 e. The minimum absolute atomic E-state index is 0.0389. The van der Waals surface area contributed by atoms with Gasteiger partial charge in [0.05, 0.1) is 37.5 Å². The average Bonchev–Trinajstić information content (AvgIpc) is 3.04. The predicted molar refractivity (Wildman–Crippen MR) is 108 cm³/mol. The van der Waals surface area contributed by atoms with E-state index < -0.39 is 9.84 Å². The second-order valence-electron chi connectivity index (χ2n) is 7.09. The van der Waals surface area contributed by atoms with Crippen LogP contribution in [-0.4, -0.2) is 56.5 Å². The Hall–Kier alpha value is -1.74. The molecule has 2 aliphatic rings. The van der Waals surface area contributed by atoms with Crippen LogP contribution in [-0.2, 0) is 14.6 Å². The highest BCUT2D eigenvalue weighted by atomic mass is 32.2. The second kappa shape index (κ2) is 7.71. The van der Waals surface area contributed by atoms with Crippen LogP contribution in [0.25, 0.3) is 0 Å². The summed E-state index contributed by atoms with van der Waals surface area (Å²) in [6, 6.07) is 5.07. The van der Waals surface area contributed by atoms with Gasteiger partial charge < -0.3 is 14.4 Å². The first-order valence-corrected chi connectivity index (χ1v) is 11.4. The van der Waals surface area contributed by atoms with Crippen molar-refractivity contribution in [1.29, 1.82) is 0 Å². The van der Waals surface area contributed by atoms with Crippen LogP contribution in [0.5, 0.6) is 11.5 Å². The standard InChI is InChI=1S/C18H24N2O5S2/c1-11(2)7-17(21)19-18-20(14-9-27(22,23)10-16(14)26-18)13-6-5-12(24-3)8-15(13)25-4/h5-6,8,11,14,16H,7,9-10H2,1-4H3/t14-,16+/m1/s1. The molecule has 1 aromatic carbocycles. The number of anilines is 1. The van der Waals surface area contributed by atoms with E-state index in [0.29, 0.717) is 28.8 Å². The third kappa shape index (κ3) is 4.24. The maximum Gasteiger partial charge on any atom is 0.248 e. The zero-order valence-corrected chi connectivity index (χ0v) is 17.5. The first kappa shape index (κ1) is 20.0. The number of sulfone groups is 1. The van der Waals surface area contributed by atoms with Gasteiger partial charge in [-0.3, -0.25) is 4.79 Å².